The van der Waals surface area contributed by atoms with Gasteiger partial charge in [0.1, 0.15) is 5.82 Å². The molecule has 5 nitrogen and oxygen atoms in total. The van der Waals surface area contributed by atoms with E-state index in [1.54, 1.807) is 7.05 Å². The number of guanidine groups is 1. The fraction of sp³-hybridized carbons (Fsp3) is 0.636. The van der Waals surface area contributed by atoms with Crippen molar-refractivity contribution in [2.24, 2.45) is 4.99 Å². The van der Waals surface area contributed by atoms with E-state index in [0.29, 0.717) is 5.82 Å². The van der Waals surface area contributed by atoms with Crippen LogP contribution in [0.15, 0.2) is 17.4 Å². The van der Waals surface area contributed by atoms with Crippen molar-refractivity contribution in [3.8, 4) is 0 Å². The second-order valence-corrected chi connectivity index (χ2v) is 4.12. The lowest BCUT2D eigenvalue weighted by Gasteiger charge is -2.20. The van der Waals surface area contributed by atoms with E-state index < -0.39 is 6.55 Å². The van der Waals surface area contributed by atoms with Crippen molar-refractivity contribution in [3.63, 3.8) is 0 Å². The van der Waals surface area contributed by atoms with Gasteiger partial charge in [-0.15, -0.1) is 0 Å². The van der Waals surface area contributed by atoms with Crippen LogP contribution in [0.25, 0.3) is 0 Å². The monoisotopic (exact) mass is 257 g/mol. The van der Waals surface area contributed by atoms with E-state index in [4.69, 9.17) is 0 Å². The lowest BCUT2D eigenvalue weighted by Crippen LogP contribution is -2.39. The lowest BCUT2D eigenvalue weighted by molar-refractivity contribution is 0.0668. The number of halogens is 2. The molecular weight excluding hydrogens is 240 g/mol. The van der Waals surface area contributed by atoms with Crippen molar-refractivity contribution in [2.45, 2.75) is 25.9 Å². The van der Waals surface area contributed by atoms with Gasteiger partial charge in [-0.05, 0) is 12.8 Å². The van der Waals surface area contributed by atoms with Gasteiger partial charge in [-0.3, -0.25) is 9.56 Å². The second-order valence-electron chi connectivity index (χ2n) is 4.12. The Balaban J connectivity index is 1.95. The van der Waals surface area contributed by atoms with E-state index in [0.717, 1.165) is 36.5 Å². The third-order valence-corrected chi connectivity index (χ3v) is 2.98. The molecule has 2 heterocycles. The molecule has 0 unspecified atom stereocenters. The van der Waals surface area contributed by atoms with Gasteiger partial charge >= 0.3 is 6.55 Å². The molecule has 0 saturated carbocycles. The summed E-state index contributed by atoms with van der Waals surface area (Å²) < 4.78 is 26.1. The van der Waals surface area contributed by atoms with Crippen LogP contribution in [0, 0.1) is 0 Å². The average Bonchev–Trinajstić information content (AvgIpc) is 2.99. The van der Waals surface area contributed by atoms with Gasteiger partial charge in [-0.1, -0.05) is 0 Å². The second kappa shape index (κ2) is 5.79. The summed E-state index contributed by atoms with van der Waals surface area (Å²) >= 11 is 0. The third-order valence-electron chi connectivity index (χ3n) is 2.98. The molecule has 18 heavy (non-hydrogen) atoms. The van der Waals surface area contributed by atoms with Crippen LogP contribution in [0.3, 0.4) is 0 Å². The Morgan fingerprint density at radius 3 is 2.83 bits per heavy atom. The molecule has 1 saturated heterocycles. The van der Waals surface area contributed by atoms with Gasteiger partial charge in [0.05, 0.1) is 6.54 Å². The number of rotatable bonds is 3. The van der Waals surface area contributed by atoms with Crippen LogP contribution in [0.1, 0.15) is 25.2 Å². The maximum atomic E-state index is 12.6. The summed E-state index contributed by atoms with van der Waals surface area (Å²) in [7, 11) is 1.69. The molecule has 0 radical (unpaired) electrons. The first-order chi connectivity index (χ1) is 8.72. The maximum Gasteiger partial charge on any atom is 0.319 e. The van der Waals surface area contributed by atoms with Gasteiger partial charge in [0.25, 0.3) is 0 Å². The maximum absolute atomic E-state index is 12.6. The molecule has 1 fully saturated rings. The van der Waals surface area contributed by atoms with E-state index in [1.807, 2.05) is 0 Å². The van der Waals surface area contributed by atoms with Crippen molar-refractivity contribution in [3.05, 3.63) is 18.2 Å². The summed E-state index contributed by atoms with van der Waals surface area (Å²) in [6.45, 7) is -0.384. The summed E-state index contributed by atoms with van der Waals surface area (Å²) in [4.78, 5) is 10.2. The highest BCUT2D eigenvalue weighted by Gasteiger charge is 2.17. The molecule has 0 amide bonds. The Labute approximate surface area is 105 Å². The zero-order chi connectivity index (χ0) is 13.0. The van der Waals surface area contributed by atoms with Gasteiger partial charge in [0, 0.05) is 32.5 Å². The van der Waals surface area contributed by atoms with Gasteiger partial charge in [-0.25, -0.2) is 4.98 Å². The summed E-state index contributed by atoms with van der Waals surface area (Å²) in [5.41, 5.74) is 0. The topological polar surface area (TPSA) is 45.5 Å². The fourth-order valence-corrected chi connectivity index (χ4v) is 2.08. The molecule has 2 rings (SSSR count). The van der Waals surface area contributed by atoms with Gasteiger partial charge in [-0.2, -0.15) is 8.78 Å². The molecule has 0 bridgehead atoms. The lowest BCUT2D eigenvalue weighted by atomic mass is 10.4. The number of likely N-dealkylation sites (tertiary alicyclic amines) is 1. The van der Waals surface area contributed by atoms with Crippen LogP contribution >= 0.6 is 0 Å². The smallest absolute Gasteiger partial charge is 0.319 e. The minimum atomic E-state index is -2.56. The minimum absolute atomic E-state index is 0.251. The molecule has 0 atom stereocenters. The number of imidazole rings is 1. The zero-order valence-electron chi connectivity index (χ0n) is 10.3. The van der Waals surface area contributed by atoms with Crippen molar-refractivity contribution in [1.82, 2.24) is 19.8 Å². The van der Waals surface area contributed by atoms with Crippen LogP contribution in [-0.2, 0) is 6.54 Å². The van der Waals surface area contributed by atoms with Crippen LogP contribution in [0.4, 0.5) is 8.78 Å². The standard InChI is InChI=1S/C11H17F2N5/c1-14-11(17-5-2-3-6-17)16-8-9-15-4-7-18(9)10(12)13/h4,7,10H,2-3,5-6,8H2,1H3,(H,14,16). The fourth-order valence-electron chi connectivity index (χ4n) is 2.08. The Kier molecular flexibility index (Phi) is 4.11. The molecule has 1 N–H and O–H groups in total. The summed E-state index contributed by atoms with van der Waals surface area (Å²) in [6, 6.07) is 0. The summed E-state index contributed by atoms with van der Waals surface area (Å²) in [5, 5.41) is 3.07. The predicted molar refractivity (Wildman–Crippen MR) is 64.5 cm³/mol. The van der Waals surface area contributed by atoms with Crippen molar-refractivity contribution in [2.75, 3.05) is 20.1 Å². The number of hydrogen-bond donors (Lipinski definition) is 1. The van der Waals surface area contributed by atoms with Crippen LogP contribution in [0.5, 0.6) is 0 Å². The van der Waals surface area contributed by atoms with Gasteiger partial charge in [0.2, 0.25) is 0 Å². The van der Waals surface area contributed by atoms with Crippen molar-refractivity contribution in [1.29, 1.82) is 0 Å². The number of hydrogen-bond acceptors (Lipinski definition) is 2. The first-order valence-corrected chi connectivity index (χ1v) is 5.98. The highest BCUT2D eigenvalue weighted by molar-refractivity contribution is 5.79. The molecule has 0 aromatic carbocycles. The molecular formula is C11H17F2N5. The van der Waals surface area contributed by atoms with Crippen molar-refractivity contribution < 1.29 is 8.78 Å². The summed E-state index contributed by atoms with van der Waals surface area (Å²) in [5.74, 6) is 1.06. The van der Waals surface area contributed by atoms with E-state index in [2.05, 4.69) is 20.2 Å². The van der Waals surface area contributed by atoms with Crippen LogP contribution in [0.2, 0.25) is 0 Å². The first-order valence-electron chi connectivity index (χ1n) is 5.98. The Bertz CT molecular complexity index is 409. The Hall–Kier alpha value is -1.66. The van der Waals surface area contributed by atoms with E-state index >= 15 is 0 Å². The normalized spacial score (nSPS) is 16.7. The van der Waals surface area contributed by atoms with Crippen LogP contribution < -0.4 is 5.32 Å². The quantitative estimate of drug-likeness (QED) is 0.658. The molecule has 0 aliphatic carbocycles. The van der Waals surface area contributed by atoms with E-state index in [-0.39, 0.29) is 6.54 Å². The van der Waals surface area contributed by atoms with Crippen molar-refractivity contribution >= 4 is 5.96 Å². The average molecular weight is 257 g/mol. The van der Waals surface area contributed by atoms with Gasteiger partial charge in [0.15, 0.2) is 5.96 Å². The molecule has 1 aliphatic heterocycles. The summed E-state index contributed by atoms with van der Waals surface area (Å²) in [6.07, 6.45) is 4.95. The predicted octanol–water partition coefficient (Wildman–Crippen LogP) is 1.45. The SMILES string of the molecule is CN=C(NCc1nccn1C(F)F)N1CCCC1. The largest absolute Gasteiger partial charge is 0.349 e. The zero-order valence-corrected chi connectivity index (χ0v) is 10.3. The molecule has 1 aromatic rings. The highest BCUT2D eigenvalue weighted by atomic mass is 19.3. The van der Waals surface area contributed by atoms with Gasteiger partial charge < -0.3 is 10.2 Å². The third kappa shape index (κ3) is 2.77. The van der Waals surface area contributed by atoms with Crippen LogP contribution in [-0.4, -0.2) is 40.5 Å². The molecule has 1 aliphatic rings. The highest BCUT2D eigenvalue weighted by Crippen LogP contribution is 2.12. The Morgan fingerprint density at radius 1 is 1.50 bits per heavy atom. The van der Waals surface area contributed by atoms with E-state index in [9.17, 15) is 8.78 Å². The molecule has 1 aromatic heterocycles. The molecule has 0 spiro atoms. The molecule has 100 valence electrons. The number of aromatic nitrogens is 2. The number of nitrogens with one attached hydrogen (secondary N) is 1. The first kappa shape index (κ1) is 12.8. The van der Waals surface area contributed by atoms with E-state index in [1.165, 1.54) is 12.4 Å². The minimum Gasteiger partial charge on any atom is -0.349 e. The molecule has 7 heteroatoms. The number of aliphatic imine (C=N–C) groups is 1. The number of nitrogens with zero attached hydrogens (tertiary/aromatic N) is 4. The number of alkyl halides is 2. The Morgan fingerprint density at radius 2 is 2.22 bits per heavy atom.